The quantitative estimate of drug-likeness (QED) is 0.221. The molecule has 224 valence electrons. The number of aliphatic hydroxyl groups excluding tert-OH is 1. The van der Waals surface area contributed by atoms with Crippen molar-refractivity contribution >= 4 is 23.6 Å². The van der Waals surface area contributed by atoms with E-state index in [0.717, 1.165) is 5.56 Å². The first-order chi connectivity index (χ1) is 19.9. The molecule has 0 aromatic carbocycles. The third kappa shape index (κ3) is 7.62. The Kier molecular flexibility index (Phi) is 9.79. The van der Waals surface area contributed by atoms with Crippen LogP contribution in [-0.4, -0.2) is 50.0 Å². The molecule has 2 atom stereocenters. The number of aryl methyl sites for hydroxylation is 1. The third-order valence-corrected chi connectivity index (χ3v) is 7.44. The summed E-state index contributed by atoms with van der Waals surface area (Å²) < 4.78 is 35.8. The standard InChI is InChI=1S/C30H34F2N4O6/c1-17-12-23(35-26(13-17)36-25-14-20(27(31)32)10-11-33-25)21-6-9-24(34-15-21)30(3,40)22-7-4-19(5-8-22)29(39)42-16-41-28(38)18(2)37/h6,9-15,18-19,22,27,37,40H,4-5,7-8,16H2,1-3H3,(H,33,35,36)/t18-,19-,22-,30-/m1/s1. The van der Waals surface area contributed by atoms with Crippen molar-refractivity contribution in [2.24, 2.45) is 11.8 Å². The number of ether oxygens (including phenoxy) is 2. The maximum atomic E-state index is 13.1. The van der Waals surface area contributed by atoms with Crippen molar-refractivity contribution < 1.29 is 38.1 Å². The SMILES string of the molecule is Cc1cc(Nc2cc(C(F)F)ccn2)nc(-c2ccc([C@](C)(O)[C@H]3CC[C@H](C(=O)OCOC(=O)[C@@H](C)O)CC3)nc2)c1. The zero-order chi connectivity index (χ0) is 30.4. The number of carbonyl (C=O) groups is 2. The number of nitrogens with one attached hydrogen (secondary N) is 1. The van der Waals surface area contributed by atoms with E-state index >= 15 is 0 Å². The van der Waals surface area contributed by atoms with Crippen LogP contribution in [0.15, 0.2) is 48.8 Å². The maximum Gasteiger partial charge on any atom is 0.337 e. The van der Waals surface area contributed by atoms with Crippen LogP contribution in [0.25, 0.3) is 11.3 Å². The number of aliphatic hydroxyl groups is 2. The van der Waals surface area contributed by atoms with E-state index in [1.54, 1.807) is 25.3 Å². The van der Waals surface area contributed by atoms with Crippen LogP contribution < -0.4 is 5.32 Å². The number of aromatic nitrogens is 3. The molecule has 0 bridgehead atoms. The van der Waals surface area contributed by atoms with E-state index in [9.17, 15) is 23.5 Å². The molecule has 1 fully saturated rings. The Balaban J connectivity index is 1.38. The number of anilines is 2. The summed E-state index contributed by atoms with van der Waals surface area (Å²) in [5.74, 6) is -1.17. The van der Waals surface area contributed by atoms with E-state index < -0.39 is 36.9 Å². The minimum Gasteiger partial charge on any atom is -0.428 e. The molecule has 0 aliphatic heterocycles. The smallest absolute Gasteiger partial charge is 0.337 e. The molecule has 42 heavy (non-hydrogen) atoms. The topological polar surface area (TPSA) is 144 Å². The highest BCUT2D eigenvalue weighted by molar-refractivity contribution is 5.75. The highest BCUT2D eigenvalue weighted by Crippen LogP contribution is 2.41. The first-order valence-corrected chi connectivity index (χ1v) is 13.6. The lowest BCUT2D eigenvalue weighted by atomic mass is 9.73. The number of alkyl halides is 2. The molecule has 0 unspecified atom stereocenters. The second-order valence-corrected chi connectivity index (χ2v) is 10.7. The summed E-state index contributed by atoms with van der Waals surface area (Å²) in [6.07, 6.45) is 1.17. The fourth-order valence-electron chi connectivity index (χ4n) is 4.99. The molecule has 3 N–H and O–H groups in total. The molecule has 0 saturated heterocycles. The van der Waals surface area contributed by atoms with Gasteiger partial charge in [0.15, 0.2) is 0 Å². The first-order valence-electron chi connectivity index (χ1n) is 13.6. The zero-order valence-corrected chi connectivity index (χ0v) is 23.6. The molecule has 1 saturated carbocycles. The van der Waals surface area contributed by atoms with E-state index in [1.807, 2.05) is 19.1 Å². The summed E-state index contributed by atoms with van der Waals surface area (Å²) in [5, 5.41) is 23.5. The molecule has 3 aromatic heterocycles. The minimum absolute atomic E-state index is 0.141. The largest absolute Gasteiger partial charge is 0.428 e. The summed E-state index contributed by atoms with van der Waals surface area (Å²) in [6.45, 7) is 4.31. The van der Waals surface area contributed by atoms with Gasteiger partial charge in [0.1, 0.15) is 23.3 Å². The van der Waals surface area contributed by atoms with Gasteiger partial charge in [-0.3, -0.25) is 9.78 Å². The maximum absolute atomic E-state index is 13.1. The van der Waals surface area contributed by atoms with Crippen LogP contribution in [0.3, 0.4) is 0 Å². The van der Waals surface area contributed by atoms with E-state index in [-0.39, 0.29) is 23.2 Å². The second kappa shape index (κ2) is 13.3. The van der Waals surface area contributed by atoms with Crippen molar-refractivity contribution in [1.29, 1.82) is 0 Å². The van der Waals surface area contributed by atoms with Gasteiger partial charge in [0.05, 0.1) is 17.3 Å². The number of rotatable bonds is 10. The Hall–Kier alpha value is -4.03. The molecule has 12 heteroatoms. The average molecular weight is 585 g/mol. The van der Waals surface area contributed by atoms with Gasteiger partial charge in [0.2, 0.25) is 6.79 Å². The lowest BCUT2D eigenvalue weighted by Crippen LogP contribution is -2.37. The van der Waals surface area contributed by atoms with Crippen molar-refractivity contribution in [2.45, 2.75) is 64.6 Å². The van der Waals surface area contributed by atoms with Gasteiger partial charge in [-0.25, -0.2) is 23.5 Å². The van der Waals surface area contributed by atoms with Crippen LogP contribution in [0.1, 0.15) is 62.8 Å². The number of hydrogen-bond donors (Lipinski definition) is 3. The van der Waals surface area contributed by atoms with Gasteiger partial charge in [0.25, 0.3) is 6.43 Å². The zero-order valence-electron chi connectivity index (χ0n) is 23.6. The van der Waals surface area contributed by atoms with Crippen molar-refractivity contribution in [2.75, 3.05) is 12.1 Å². The molecule has 4 rings (SSSR count). The molecule has 1 aliphatic carbocycles. The Morgan fingerprint density at radius 2 is 1.81 bits per heavy atom. The molecular formula is C30H34F2N4O6. The number of carbonyl (C=O) groups excluding carboxylic acids is 2. The number of nitrogens with zero attached hydrogens (tertiary/aromatic N) is 3. The van der Waals surface area contributed by atoms with Crippen LogP contribution in [-0.2, 0) is 24.7 Å². The third-order valence-electron chi connectivity index (χ3n) is 7.44. The highest BCUT2D eigenvalue weighted by atomic mass is 19.3. The van der Waals surface area contributed by atoms with Gasteiger partial charge in [-0.1, -0.05) is 0 Å². The Morgan fingerprint density at radius 1 is 1.07 bits per heavy atom. The number of hydrogen-bond acceptors (Lipinski definition) is 10. The van der Waals surface area contributed by atoms with Gasteiger partial charge in [-0.05, 0) is 94.3 Å². The average Bonchev–Trinajstić information content (AvgIpc) is 2.97. The van der Waals surface area contributed by atoms with Crippen LogP contribution in [0.4, 0.5) is 20.4 Å². The predicted molar refractivity (Wildman–Crippen MR) is 148 cm³/mol. The molecule has 3 heterocycles. The number of halogens is 2. The van der Waals surface area contributed by atoms with Crippen molar-refractivity contribution in [3.8, 4) is 11.3 Å². The Morgan fingerprint density at radius 3 is 2.45 bits per heavy atom. The molecule has 0 amide bonds. The first kappa shape index (κ1) is 30.9. The van der Waals surface area contributed by atoms with E-state index in [4.69, 9.17) is 9.84 Å². The Labute approximate surface area is 242 Å². The van der Waals surface area contributed by atoms with E-state index in [2.05, 4.69) is 25.0 Å². The van der Waals surface area contributed by atoms with E-state index in [1.165, 1.54) is 25.3 Å². The molecule has 0 spiro atoms. The summed E-state index contributed by atoms with van der Waals surface area (Å²) in [6, 6.07) is 9.75. The summed E-state index contributed by atoms with van der Waals surface area (Å²) in [7, 11) is 0. The highest BCUT2D eigenvalue weighted by Gasteiger charge is 2.39. The predicted octanol–water partition coefficient (Wildman–Crippen LogP) is 4.97. The van der Waals surface area contributed by atoms with Crippen LogP contribution in [0.2, 0.25) is 0 Å². The van der Waals surface area contributed by atoms with Crippen LogP contribution in [0.5, 0.6) is 0 Å². The van der Waals surface area contributed by atoms with Gasteiger partial charge in [-0.15, -0.1) is 0 Å². The monoisotopic (exact) mass is 584 g/mol. The van der Waals surface area contributed by atoms with Crippen LogP contribution >= 0.6 is 0 Å². The van der Waals surface area contributed by atoms with Crippen LogP contribution in [0, 0.1) is 18.8 Å². The van der Waals surface area contributed by atoms with Crippen molar-refractivity contribution in [3.63, 3.8) is 0 Å². The summed E-state index contributed by atoms with van der Waals surface area (Å²) >= 11 is 0. The molecular weight excluding hydrogens is 550 g/mol. The fourth-order valence-corrected chi connectivity index (χ4v) is 4.99. The molecule has 3 aromatic rings. The molecule has 1 aliphatic rings. The second-order valence-electron chi connectivity index (χ2n) is 10.7. The summed E-state index contributed by atoms with van der Waals surface area (Å²) in [5.41, 5.74) is 1.31. The van der Waals surface area contributed by atoms with Gasteiger partial charge in [-0.2, -0.15) is 0 Å². The number of pyridine rings is 3. The lowest BCUT2D eigenvalue weighted by Gasteiger charge is -2.37. The van der Waals surface area contributed by atoms with Crippen molar-refractivity contribution in [1.82, 2.24) is 15.0 Å². The molecule has 0 radical (unpaired) electrons. The normalized spacial score (nSPS) is 19.0. The minimum atomic E-state index is -2.61. The van der Waals surface area contributed by atoms with Gasteiger partial charge in [0, 0.05) is 23.5 Å². The van der Waals surface area contributed by atoms with Crippen molar-refractivity contribution in [3.05, 3.63) is 65.6 Å². The Bertz CT molecular complexity index is 1390. The van der Waals surface area contributed by atoms with Gasteiger partial charge < -0.3 is 25.0 Å². The van der Waals surface area contributed by atoms with Gasteiger partial charge >= 0.3 is 11.9 Å². The number of esters is 2. The summed E-state index contributed by atoms with van der Waals surface area (Å²) in [4.78, 5) is 36.9. The lowest BCUT2D eigenvalue weighted by molar-refractivity contribution is -0.176. The molecule has 10 nitrogen and oxygen atoms in total. The van der Waals surface area contributed by atoms with E-state index in [0.29, 0.717) is 48.5 Å². The fraction of sp³-hybridized carbons (Fsp3) is 0.433.